The fraction of sp³-hybridized carbons (Fsp3) is 0.913. The molecule has 3 N–H and O–H groups in total. The van der Waals surface area contributed by atoms with Crippen molar-refractivity contribution in [1.29, 1.82) is 0 Å². The van der Waals surface area contributed by atoms with Gasteiger partial charge in [0.2, 0.25) is 0 Å². The van der Waals surface area contributed by atoms with Crippen LogP contribution >= 0.6 is 0 Å². The number of fused-ring (bicyclic) bond motifs is 5. The monoisotopic (exact) mass is 406 g/mol. The van der Waals surface area contributed by atoms with Crippen LogP contribution in [0.25, 0.3) is 0 Å². The second-order valence-corrected chi connectivity index (χ2v) is 11.0. The fourth-order valence-corrected chi connectivity index (χ4v) is 8.79. The molecule has 162 valence electrons. The normalized spacial score (nSPS) is 56.8. The lowest BCUT2D eigenvalue weighted by Crippen LogP contribution is -2.59. The lowest BCUT2D eigenvalue weighted by Gasteiger charge is -2.60. The Labute approximate surface area is 172 Å². The Hall–Kier alpha value is -0.980. The van der Waals surface area contributed by atoms with Gasteiger partial charge in [-0.25, -0.2) is 0 Å². The minimum absolute atomic E-state index is 0.0388. The van der Waals surface area contributed by atoms with Gasteiger partial charge in [0.15, 0.2) is 0 Å². The molecule has 0 spiro atoms. The highest BCUT2D eigenvalue weighted by atomic mass is 16.5. The minimum Gasteiger partial charge on any atom is -0.465 e. The van der Waals surface area contributed by atoms with Crippen LogP contribution in [0.2, 0.25) is 0 Å². The Morgan fingerprint density at radius 1 is 1.03 bits per heavy atom. The number of hydrogen-bond acceptors (Lipinski definition) is 6. The summed E-state index contributed by atoms with van der Waals surface area (Å²) in [7, 11) is 0. The van der Waals surface area contributed by atoms with Gasteiger partial charge in [0, 0.05) is 11.3 Å². The molecular formula is C23H34O6. The van der Waals surface area contributed by atoms with E-state index in [1.54, 1.807) is 0 Å². The minimum atomic E-state index is -0.841. The molecule has 6 nitrogen and oxygen atoms in total. The van der Waals surface area contributed by atoms with Crippen LogP contribution in [0.5, 0.6) is 0 Å². The van der Waals surface area contributed by atoms with Crippen LogP contribution in [0.15, 0.2) is 0 Å². The number of aliphatic hydroxyl groups is 3. The number of esters is 1. The zero-order valence-corrected chi connectivity index (χ0v) is 17.2. The molecule has 1 heterocycles. The van der Waals surface area contributed by atoms with E-state index in [1.807, 2.05) is 0 Å². The van der Waals surface area contributed by atoms with E-state index in [-0.39, 0.29) is 46.9 Å². The van der Waals surface area contributed by atoms with E-state index >= 15 is 0 Å². The van der Waals surface area contributed by atoms with Crippen LogP contribution in [0.3, 0.4) is 0 Å². The first-order valence-corrected chi connectivity index (χ1v) is 11.5. The highest BCUT2D eigenvalue weighted by Gasteiger charge is 2.65. The SMILES string of the molecule is C[C@]12CC[C@H]3[C@@H](CC[C@H]4C[C@@H](O)[C@H](O)C[C@@]43C=O)[C@H]1[C@H](O)C[C@@H]2[C@@H]1COC(=O)C1. The molecule has 0 aromatic rings. The largest absolute Gasteiger partial charge is 0.465 e. The van der Waals surface area contributed by atoms with E-state index in [0.717, 1.165) is 32.0 Å². The number of rotatable bonds is 2. The molecule has 1 aliphatic heterocycles. The summed E-state index contributed by atoms with van der Waals surface area (Å²) in [6.45, 7) is 2.76. The van der Waals surface area contributed by atoms with Gasteiger partial charge in [-0.2, -0.15) is 0 Å². The maximum atomic E-state index is 12.5. The Balaban J connectivity index is 1.46. The van der Waals surface area contributed by atoms with Crippen LogP contribution in [0, 0.1) is 46.3 Å². The molecule has 5 rings (SSSR count). The highest BCUT2D eigenvalue weighted by Crippen LogP contribution is 2.68. The van der Waals surface area contributed by atoms with Crippen LogP contribution in [-0.2, 0) is 14.3 Å². The molecule has 4 aliphatic carbocycles. The van der Waals surface area contributed by atoms with Crippen molar-refractivity contribution in [3.05, 3.63) is 0 Å². The number of hydrogen-bond donors (Lipinski definition) is 3. The zero-order valence-electron chi connectivity index (χ0n) is 17.2. The van der Waals surface area contributed by atoms with E-state index in [4.69, 9.17) is 4.74 Å². The van der Waals surface area contributed by atoms with Gasteiger partial charge < -0.3 is 24.9 Å². The predicted octanol–water partition coefficient (Wildman–Crippen LogP) is 1.69. The van der Waals surface area contributed by atoms with E-state index < -0.39 is 23.7 Å². The Kier molecular flexibility index (Phi) is 4.65. The summed E-state index contributed by atoms with van der Waals surface area (Å²) in [5.41, 5.74) is -0.615. The first-order chi connectivity index (χ1) is 13.8. The fourth-order valence-electron chi connectivity index (χ4n) is 8.79. The molecule has 0 aromatic carbocycles. The molecule has 4 saturated carbocycles. The maximum absolute atomic E-state index is 12.5. The number of carbonyl (C=O) groups excluding carboxylic acids is 2. The Bertz CT molecular complexity index is 695. The molecule has 0 unspecified atom stereocenters. The number of ether oxygens (including phenoxy) is 1. The second-order valence-electron chi connectivity index (χ2n) is 11.0. The molecule has 11 atom stereocenters. The molecule has 5 fully saturated rings. The molecule has 0 aromatic heterocycles. The van der Waals surface area contributed by atoms with Crippen molar-refractivity contribution >= 4 is 12.3 Å². The summed E-state index contributed by atoms with van der Waals surface area (Å²) in [5.74, 6) is 1.01. The summed E-state index contributed by atoms with van der Waals surface area (Å²) in [6, 6.07) is 0. The average Bonchev–Trinajstić information content (AvgIpc) is 3.23. The number of cyclic esters (lactones) is 1. The molecule has 1 saturated heterocycles. The maximum Gasteiger partial charge on any atom is 0.306 e. The van der Waals surface area contributed by atoms with E-state index in [9.17, 15) is 24.9 Å². The van der Waals surface area contributed by atoms with Gasteiger partial charge in [-0.05, 0) is 80.0 Å². The smallest absolute Gasteiger partial charge is 0.306 e. The van der Waals surface area contributed by atoms with Gasteiger partial charge >= 0.3 is 5.97 Å². The number of aliphatic hydroxyl groups excluding tert-OH is 3. The van der Waals surface area contributed by atoms with Gasteiger partial charge in [-0.1, -0.05) is 6.92 Å². The van der Waals surface area contributed by atoms with E-state index in [0.29, 0.717) is 32.3 Å². The lowest BCUT2D eigenvalue weighted by atomic mass is 9.44. The molecule has 0 amide bonds. The quantitative estimate of drug-likeness (QED) is 0.476. The summed E-state index contributed by atoms with van der Waals surface area (Å²) in [5, 5.41) is 31.8. The van der Waals surface area contributed by atoms with Crippen molar-refractivity contribution in [2.75, 3.05) is 6.61 Å². The van der Waals surface area contributed by atoms with Gasteiger partial charge in [0.1, 0.15) is 6.29 Å². The van der Waals surface area contributed by atoms with E-state index in [2.05, 4.69) is 6.92 Å². The van der Waals surface area contributed by atoms with Crippen LogP contribution in [0.4, 0.5) is 0 Å². The topological polar surface area (TPSA) is 104 Å². The average molecular weight is 407 g/mol. The van der Waals surface area contributed by atoms with Crippen molar-refractivity contribution < 1.29 is 29.6 Å². The third-order valence-electron chi connectivity index (χ3n) is 10.00. The van der Waals surface area contributed by atoms with Crippen molar-refractivity contribution in [3.63, 3.8) is 0 Å². The van der Waals surface area contributed by atoms with Crippen molar-refractivity contribution in [1.82, 2.24) is 0 Å². The van der Waals surface area contributed by atoms with Crippen LogP contribution in [0.1, 0.15) is 58.3 Å². The third kappa shape index (κ3) is 2.71. The summed E-state index contributed by atoms with van der Waals surface area (Å²) in [6.07, 6.45) is 4.81. The van der Waals surface area contributed by atoms with Crippen LogP contribution < -0.4 is 0 Å². The number of aldehydes is 1. The van der Waals surface area contributed by atoms with Crippen molar-refractivity contribution in [2.24, 2.45) is 46.3 Å². The standard InChI is InChI=1S/C23H34O6/c1-22-5-4-15-14(3-2-13-7-17(25)19(27)9-23(13,15)11-24)21(22)18(26)8-16(22)12-6-20(28)29-10-12/h11-19,21,25-27H,2-10H2,1H3/t12-,13-,14+,15-,16+,17+,18+,19+,21-,22+,23+/m0/s1. The molecule has 0 bridgehead atoms. The third-order valence-corrected chi connectivity index (χ3v) is 10.00. The Morgan fingerprint density at radius 2 is 1.83 bits per heavy atom. The Morgan fingerprint density at radius 3 is 2.52 bits per heavy atom. The highest BCUT2D eigenvalue weighted by molar-refractivity contribution is 5.71. The van der Waals surface area contributed by atoms with Gasteiger partial charge in [0.05, 0.1) is 31.3 Å². The second kappa shape index (κ2) is 6.76. The summed E-state index contributed by atoms with van der Waals surface area (Å²) >= 11 is 0. The van der Waals surface area contributed by atoms with Gasteiger partial charge in [0.25, 0.3) is 0 Å². The van der Waals surface area contributed by atoms with Crippen LogP contribution in [-0.4, -0.2) is 52.5 Å². The van der Waals surface area contributed by atoms with Gasteiger partial charge in [-0.15, -0.1) is 0 Å². The predicted molar refractivity (Wildman–Crippen MR) is 103 cm³/mol. The first kappa shape index (κ1) is 20.0. The zero-order chi connectivity index (χ0) is 20.6. The van der Waals surface area contributed by atoms with Crippen molar-refractivity contribution in [3.8, 4) is 0 Å². The first-order valence-electron chi connectivity index (χ1n) is 11.5. The summed E-state index contributed by atoms with van der Waals surface area (Å²) in [4.78, 5) is 24.2. The molecule has 0 radical (unpaired) electrons. The molecule has 5 aliphatic rings. The van der Waals surface area contributed by atoms with Gasteiger partial charge in [-0.3, -0.25) is 4.79 Å². The lowest BCUT2D eigenvalue weighted by molar-refractivity contribution is -0.176. The number of carbonyl (C=O) groups is 2. The summed E-state index contributed by atoms with van der Waals surface area (Å²) < 4.78 is 5.25. The van der Waals surface area contributed by atoms with Crippen molar-refractivity contribution in [2.45, 2.75) is 76.6 Å². The van der Waals surface area contributed by atoms with E-state index in [1.165, 1.54) is 0 Å². The molecule has 29 heavy (non-hydrogen) atoms. The molecule has 6 heteroatoms. The molecular weight excluding hydrogens is 372 g/mol.